The molecule has 1 aromatic carbocycles. The molecule has 0 bridgehead atoms. The van der Waals surface area contributed by atoms with E-state index in [0.717, 1.165) is 12.3 Å². The smallest absolute Gasteiger partial charge is 0.175 e. The Morgan fingerprint density at radius 3 is 2.46 bits per heavy atom. The van der Waals surface area contributed by atoms with E-state index in [9.17, 15) is 12.8 Å². The van der Waals surface area contributed by atoms with Gasteiger partial charge in [0.05, 0.1) is 11.5 Å². The number of rotatable bonds is 2. The number of hydrogen-bond donors (Lipinski definition) is 1. The van der Waals surface area contributed by atoms with Gasteiger partial charge >= 0.3 is 0 Å². The van der Waals surface area contributed by atoms with Crippen LogP contribution in [-0.2, 0) is 16.4 Å². The van der Waals surface area contributed by atoms with Crippen LogP contribution < -0.4 is 0 Å². The summed E-state index contributed by atoms with van der Waals surface area (Å²) in [5.41, 5.74) is -0.176. The second kappa shape index (κ2) is 3.43. The maximum atomic E-state index is 13.0. The molecule has 0 spiro atoms. The first kappa shape index (κ1) is 10.1. The summed E-state index contributed by atoms with van der Waals surface area (Å²) in [7, 11) is -3.47. The average Bonchev–Trinajstić information content (AvgIpc) is 2.02. The lowest BCUT2D eigenvalue weighted by atomic mass is 10.2. The van der Waals surface area contributed by atoms with Gasteiger partial charge < -0.3 is 5.11 Å². The van der Waals surface area contributed by atoms with Gasteiger partial charge in [-0.2, -0.15) is 0 Å². The fourth-order valence-corrected chi connectivity index (χ4v) is 1.98. The fourth-order valence-electron chi connectivity index (χ4n) is 1.04. The normalized spacial score (nSPS) is 11.6. The number of sulfone groups is 1. The third kappa shape index (κ3) is 2.05. The molecular formula is C8H9FO3S. The van der Waals surface area contributed by atoms with Crippen molar-refractivity contribution in [2.45, 2.75) is 11.5 Å². The van der Waals surface area contributed by atoms with Crippen molar-refractivity contribution in [2.75, 3.05) is 6.26 Å². The quantitative estimate of drug-likeness (QED) is 0.772. The number of hydrogen-bond acceptors (Lipinski definition) is 3. The Morgan fingerprint density at radius 2 is 2.08 bits per heavy atom. The molecule has 3 nitrogen and oxygen atoms in total. The lowest BCUT2D eigenvalue weighted by Gasteiger charge is -2.05. The highest BCUT2D eigenvalue weighted by Gasteiger charge is 2.15. The van der Waals surface area contributed by atoms with E-state index >= 15 is 0 Å². The maximum Gasteiger partial charge on any atom is 0.175 e. The predicted molar refractivity (Wildman–Crippen MR) is 45.4 cm³/mol. The summed E-state index contributed by atoms with van der Waals surface area (Å²) in [6.45, 7) is -0.616. The van der Waals surface area contributed by atoms with Crippen LogP contribution in [0, 0.1) is 5.82 Å². The lowest BCUT2D eigenvalue weighted by Crippen LogP contribution is -2.04. The Balaban J connectivity index is 3.47. The molecule has 0 saturated carbocycles. The summed E-state index contributed by atoms with van der Waals surface area (Å²) in [5, 5.41) is 8.76. The zero-order valence-corrected chi connectivity index (χ0v) is 7.81. The Kier molecular flexibility index (Phi) is 2.68. The van der Waals surface area contributed by atoms with Gasteiger partial charge in [0.25, 0.3) is 0 Å². The number of halogens is 1. The van der Waals surface area contributed by atoms with Crippen molar-refractivity contribution in [3.63, 3.8) is 0 Å². The Morgan fingerprint density at radius 1 is 1.46 bits per heavy atom. The number of aliphatic hydroxyl groups excluding tert-OH is 1. The van der Waals surface area contributed by atoms with Crippen LogP contribution in [-0.4, -0.2) is 19.8 Å². The van der Waals surface area contributed by atoms with E-state index in [4.69, 9.17) is 5.11 Å². The standard InChI is InChI=1S/C8H9FO3S/c1-13(11,12)8-4-2-3-7(9)6(8)5-10/h2-4,10H,5H2,1H3. The van der Waals surface area contributed by atoms with Crippen LogP contribution in [0.25, 0.3) is 0 Å². The second-order valence-corrected chi connectivity index (χ2v) is 4.63. The van der Waals surface area contributed by atoms with E-state index in [2.05, 4.69) is 0 Å². The zero-order chi connectivity index (χ0) is 10.1. The molecule has 72 valence electrons. The molecule has 5 heteroatoms. The van der Waals surface area contributed by atoms with Crippen molar-refractivity contribution in [3.8, 4) is 0 Å². The van der Waals surface area contributed by atoms with Gasteiger partial charge in [-0.1, -0.05) is 6.07 Å². The van der Waals surface area contributed by atoms with Crippen molar-refractivity contribution in [1.29, 1.82) is 0 Å². The van der Waals surface area contributed by atoms with Gasteiger partial charge in [-0.25, -0.2) is 12.8 Å². The molecule has 0 aliphatic heterocycles. The largest absolute Gasteiger partial charge is 0.392 e. The van der Waals surface area contributed by atoms with E-state index in [-0.39, 0.29) is 10.5 Å². The molecule has 0 radical (unpaired) electrons. The third-order valence-electron chi connectivity index (χ3n) is 1.63. The third-order valence-corrected chi connectivity index (χ3v) is 2.81. The summed E-state index contributed by atoms with van der Waals surface area (Å²) in [6, 6.07) is 3.68. The topological polar surface area (TPSA) is 54.4 Å². The van der Waals surface area contributed by atoms with Gasteiger partial charge in [0.15, 0.2) is 9.84 Å². The molecule has 1 aromatic rings. The summed E-state index contributed by atoms with van der Waals surface area (Å²) in [4.78, 5) is -0.157. The van der Waals surface area contributed by atoms with Crippen molar-refractivity contribution in [3.05, 3.63) is 29.6 Å². The first-order valence-corrected chi connectivity index (χ1v) is 5.44. The van der Waals surface area contributed by atoms with Crippen molar-refractivity contribution in [1.82, 2.24) is 0 Å². The summed E-state index contributed by atoms with van der Waals surface area (Å²) in [5.74, 6) is -0.703. The van der Waals surface area contributed by atoms with E-state index in [0.29, 0.717) is 0 Å². The molecule has 1 rings (SSSR count). The summed E-state index contributed by atoms with van der Waals surface area (Å²) in [6.07, 6.45) is 0.973. The highest BCUT2D eigenvalue weighted by molar-refractivity contribution is 7.90. The molecule has 0 unspecified atom stereocenters. The van der Waals surface area contributed by atoms with Crippen LogP contribution in [0.2, 0.25) is 0 Å². The first-order chi connectivity index (χ1) is 5.96. The maximum absolute atomic E-state index is 13.0. The van der Waals surface area contributed by atoms with Crippen molar-refractivity contribution < 1.29 is 17.9 Å². The monoisotopic (exact) mass is 204 g/mol. The molecule has 0 heterocycles. The van der Waals surface area contributed by atoms with Gasteiger partial charge in [0.1, 0.15) is 5.82 Å². The van der Waals surface area contributed by atoms with E-state index in [1.54, 1.807) is 0 Å². The fraction of sp³-hybridized carbons (Fsp3) is 0.250. The van der Waals surface area contributed by atoms with Crippen molar-refractivity contribution >= 4 is 9.84 Å². The van der Waals surface area contributed by atoms with E-state index in [1.165, 1.54) is 12.1 Å². The lowest BCUT2D eigenvalue weighted by molar-refractivity contribution is 0.272. The minimum atomic E-state index is -3.47. The molecule has 0 aromatic heterocycles. The summed E-state index contributed by atoms with van der Waals surface area (Å²) >= 11 is 0. The highest BCUT2D eigenvalue weighted by Crippen LogP contribution is 2.18. The average molecular weight is 204 g/mol. The molecule has 0 saturated heterocycles. The van der Waals surface area contributed by atoms with Crippen molar-refractivity contribution in [2.24, 2.45) is 0 Å². The Bertz CT molecular complexity index is 411. The van der Waals surface area contributed by atoms with E-state index in [1.807, 2.05) is 0 Å². The van der Waals surface area contributed by atoms with Gasteiger partial charge in [-0.3, -0.25) is 0 Å². The van der Waals surface area contributed by atoms with Gasteiger partial charge in [0, 0.05) is 11.8 Å². The molecule has 0 atom stereocenters. The molecule has 0 aliphatic carbocycles. The predicted octanol–water partition coefficient (Wildman–Crippen LogP) is 0.722. The Hall–Kier alpha value is -0.940. The minimum absolute atomic E-state index is 0.157. The molecule has 13 heavy (non-hydrogen) atoms. The number of aliphatic hydroxyl groups is 1. The van der Waals surface area contributed by atoms with Crippen LogP contribution in [0.3, 0.4) is 0 Å². The molecular weight excluding hydrogens is 195 g/mol. The SMILES string of the molecule is CS(=O)(=O)c1cccc(F)c1CO. The highest BCUT2D eigenvalue weighted by atomic mass is 32.2. The van der Waals surface area contributed by atoms with Crippen LogP contribution in [0.4, 0.5) is 4.39 Å². The van der Waals surface area contributed by atoms with Gasteiger partial charge in [0.2, 0.25) is 0 Å². The first-order valence-electron chi connectivity index (χ1n) is 3.55. The minimum Gasteiger partial charge on any atom is -0.392 e. The summed E-state index contributed by atoms with van der Waals surface area (Å²) < 4.78 is 35.1. The molecule has 0 fully saturated rings. The molecule has 0 amide bonds. The van der Waals surface area contributed by atoms with Crippen LogP contribution >= 0.6 is 0 Å². The second-order valence-electron chi connectivity index (χ2n) is 2.65. The van der Waals surface area contributed by atoms with Crippen LogP contribution in [0.1, 0.15) is 5.56 Å². The van der Waals surface area contributed by atoms with Gasteiger partial charge in [-0.15, -0.1) is 0 Å². The van der Waals surface area contributed by atoms with Gasteiger partial charge in [-0.05, 0) is 12.1 Å². The van der Waals surface area contributed by atoms with Crippen LogP contribution in [0.15, 0.2) is 23.1 Å². The van der Waals surface area contributed by atoms with E-state index < -0.39 is 22.3 Å². The molecule has 1 N–H and O–H groups in total. The Labute approximate surface area is 75.7 Å². The number of benzene rings is 1. The zero-order valence-electron chi connectivity index (χ0n) is 6.99. The molecule has 0 aliphatic rings. The van der Waals surface area contributed by atoms with Crippen LogP contribution in [0.5, 0.6) is 0 Å².